The molecule has 0 spiro atoms. The van der Waals surface area contributed by atoms with Crippen molar-refractivity contribution in [3.8, 4) is 5.88 Å². The topological polar surface area (TPSA) is 87.9 Å². The molecule has 0 fully saturated rings. The van der Waals surface area contributed by atoms with Crippen LogP contribution in [0.1, 0.15) is 36.2 Å². The molecule has 1 unspecified atom stereocenters. The molecule has 6 nitrogen and oxygen atoms in total. The number of amides is 1. The van der Waals surface area contributed by atoms with Gasteiger partial charge in [0.1, 0.15) is 0 Å². The van der Waals surface area contributed by atoms with Crippen LogP contribution < -0.4 is 10.1 Å². The van der Waals surface area contributed by atoms with Crippen LogP contribution in [0.3, 0.4) is 0 Å². The summed E-state index contributed by atoms with van der Waals surface area (Å²) in [6.45, 7) is 2.23. The standard InChI is InChI=1S/C14H11F4N3O2.C4H10N/c15-11-5-9(7-21-13(11)23-8-14(16,17)18)6-20-12(22)10-1-3-19-4-2-10;1-3-4(2)5/h1-5,7H,6,8H2,(H,20,22);4-5H,3H2,1-2H3/q;-1. The zero-order valence-corrected chi connectivity index (χ0v) is 15.4. The Morgan fingerprint density at radius 2 is 1.93 bits per heavy atom. The second-order valence-corrected chi connectivity index (χ2v) is 5.76. The SMILES string of the molecule is CCC(C)[NH-].O=C(NCc1cnc(OCC(F)(F)F)c(F)c1)c1ccncc1. The van der Waals surface area contributed by atoms with E-state index in [9.17, 15) is 22.4 Å². The molecule has 10 heteroatoms. The van der Waals surface area contributed by atoms with Crippen LogP contribution in [-0.2, 0) is 6.54 Å². The zero-order valence-electron chi connectivity index (χ0n) is 15.4. The first kappa shape index (κ1) is 23.3. The summed E-state index contributed by atoms with van der Waals surface area (Å²) >= 11 is 0. The first-order valence-corrected chi connectivity index (χ1v) is 8.35. The van der Waals surface area contributed by atoms with Crippen molar-refractivity contribution in [2.45, 2.75) is 39.0 Å². The van der Waals surface area contributed by atoms with Gasteiger partial charge < -0.3 is 15.8 Å². The van der Waals surface area contributed by atoms with Crippen LogP contribution in [0.2, 0.25) is 0 Å². The van der Waals surface area contributed by atoms with E-state index in [2.05, 4.69) is 20.0 Å². The fraction of sp³-hybridized carbons (Fsp3) is 0.389. The van der Waals surface area contributed by atoms with E-state index in [4.69, 9.17) is 5.73 Å². The summed E-state index contributed by atoms with van der Waals surface area (Å²) in [7, 11) is 0. The number of rotatable bonds is 6. The van der Waals surface area contributed by atoms with Crippen LogP contribution >= 0.6 is 0 Å². The Balaban J connectivity index is 0.000000696. The molecule has 2 aromatic heterocycles. The summed E-state index contributed by atoms with van der Waals surface area (Å²) in [6, 6.07) is 4.09. The first-order chi connectivity index (χ1) is 13.1. The Labute approximate surface area is 160 Å². The highest BCUT2D eigenvalue weighted by atomic mass is 19.4. The summed E-state index contributed by atoms with van der Waals surface area (Å²) in [5, 5.41) is 2.52. The lowest BCUT2D eigenvalue weighted by molar-refractivity contribution is -0.154. The van der Waals surface area contributed by atoms with E-state index in [1.807, 2.05) is 13.8 Å². The van der Waals surface area contributed by atoms with Crippen LogP contribution in [0.5, 0.6) is 5.88 Å². The van der Waals surface area contributed by atoms with Crippen LogP contribution in [0.15, 0.2) is 36.8 Å². The normalized spacial score (nSPS) is 11.8. The third-order valence-corrected chi connectivity index (χ3v) is 3.24. The minimum absolute atomic E-state index is 0.0371. The number of nitrogens with zero attached hydrogens (tertiary/aromatic N) is 2. The molecule has 0 radical (unpaired) electrons. The van der Waals surface area contributed by atoms with Crippen molar-refractivity contribution < 1.29 is 27.1 Å². The molecule has 0 aromatic carbocycles. The van der Waals surface area contributed by atoms with Gasteiger partial charge in [-0.2, -0.15) is 13.2 Å². The van der Waals surface area contributed by atoms with Crippen LogP contribution in [0.4, 0.5) is 17.6 Å². The molecule has 2 heterocycles. The van der Waals surface area contributed by atoms with Crippen LogP contribution in [0, 0.1) is 5.82 Å². The monoisotopic (exact) mass is 401 g/mol. The fourth-order valence-corrected chi connectivity index (χ4v) is 1.61. The van der Waals surface area contributed by atoms with Gasteiger partial charge in [-0.3, -0.25) is 9.78 Å². The lowest BCUT2D eigenvalue weighted by atomic mass is 10.2. The van der Waals surface area contributed by atoms with Gasteiger partial charge in [0.15, 0.2) is 12.4 Å². The van der Waals surface area contributed by atoms with Crippen LogP contribution in [0.25, 0.3) is 5.73 Å². The molecule has 1 atom stereocenters. The summed E-state index contributed by atoms with van der Waals surface area (Å²) in [5.74, 6) is -2.18. The van der Waals surface area contributed by atoms with E-state index in [0.717, 1.165) is 18.7 Å². The van der Waals surface area contributed by atoms with Gasteiger partial charge in [0, 0.05) is 30.7 Å². The number of nitrogens with one attached hydrogen (secondary N) is 2. The molecule has 1 amide bonds. The molecule has 2 aromatic rings. The Bertz CT molecular complexity index is 740. The van der Waals surface area contributed by atoms with Crippen LogP contribution in [-0.4, -0.2) is 34.7 Å². The van der Waals surface area contributed by atoms with Crippen molar-refractivity contribution in [2.75, 3.05) is 6.61 Å². The zero-order chi connectivity index (χ0) is 21.2. The van der Waals surface area contributed by atoms with Crippen molar-refractivity contribution in [1.29, 1.82) is 0 Å². The van der Waals surface area contributed by atoms with Crippen molar-refractivity contribution in [2.24, 2.45) is 0 Å². The lowest BCUT2D eigenvalue weighted by Crippen LogP contribution is -2.23. The molecule has 0 aliphatic rings. The van der Waals surface area contributed by atoms with Gasteiger partial charge in [-0.15, -0.1) is 6.04 Å². The molecular formula is C18H21F4N4O2-. The van der Waals surface area contributed by atoms with E-state index >= 15 is 0 Å². The average Bonchev–Trinajstić information content (AvgIpc) is 2.65. The van der Waals surface area contributed by atoms with E-state index in [-0.39, 0.29) is 18.2 Å². The second kappa shape index (κ2) is 11.2. The number of ether oxygens (including phenoxy) is 1. The van der Waals surface area contributed by atoms with Gasteiger partial charge in [0.2, 0.25) is 0 Å². The number of hydrogen-bond donors (Lipinski definition) is 1. The Hall–Kier alpha value is -2.75. The summed E-state index contributed by atoms with van der Waals surface area (Å²) in [6.07, 6.45) is 0.415. The molecule has 0 saturated heterocycles. The molecule has 0 aliphatic carbocycles. The highest BCUT2D eigenvalue weighted by Crippen LogP contribution is 2.19. The third kappa shape index (κ3) is 9.26. The predicted octanol–water partition coefficient (Wildman–Crippen LogP) is 4.32. The van der Waals surface area contributed by atoms with E-state index < -0.39 is 30.4 Å². The van der Waals surface area contributed by atoms with Gasteiger partial charge in [-0.25, -0.2) is 9.37 Å². The van der Waals surface area contributed by atoms with Gasteiger partial charge >= 0.3 is 6.18 Å². The highest BCUT2D eigenvalue weighted by molar-refractivity contribution is 5.93. The molecule has 0 bridgehead atoms. The van der Waals surface area contributed by atoms with Gasteiger partial charge in [-0.1, -0.05) is 20.3 Å². The number of pyridine rings is 2. The number of halogens is 4. The van der Waals surface area contributed by atoms with Gasteiger partial charge in [0.25, 0.3) is 11.8 Å². The minimum atomic E-state index is -4.58. The smallest absolute Gasteiger partial charge is 0.422 e. The molecule has 2 rings (SSSR count). The molecule has 0 aliphatic heterocycles. The van der Waals surface area contributed by atoms with Crippen molar-refractivity contribution in [1.82, 2.24) is 15.3 Å². The molecule has 154 valence electrons. The quantitative estimate of drug-likeness (QED) is 0.730. The summed E-state index contributed by atoms with van der Waals surface area (Å²) in [5.41, 5.74) is 7.48. The van der Waals surface area contributed by atoms with E-state index in [1.165, 1.54) is 24.5 Å². The second-order valence-electron chi connectivity index (χ2n) is 5.76. The number of alkyl halides is 3. The minimum Gasteiger partial charge on any atom is -0.675 e. The maximum absolute atomic E-state index is 13.6. The van der Waals surface area contributed by atoms with E-state index in [0.29, 0.717) is 5.56 Å². The molecule has 28 heavy (non-hydrogen) atoms. The first-order valence-electron chi connectivity index (χ1n) is 8.35. The summed E-state index contributed by atoms with van der Waals surface area (Å²) in [4.78, 5) is 19.0. The van der Waals surface area contributed by atoms with Crippen molar-refractivity contribution in [3.63, 3.8) is 0 Å². The molecule has 2 N–H and O–H groups in total. The van der Waals surface area contributed by atoms with Gasteiger partial charge in [0.05, 0.1) is 0 Å². The predicted molar refractivity (Wildman–Crippen MR) is 95.2 cm³/mol. The van der Waals surface area contributed by atoms with E-state index in [1.54, 1.807) is 0 Å². The Morgan fingerprint density at radius 1 is 1.32 bits per heavy atom. The van der Waals surface area contributed by atoms with Gasteiger partial charge in [-0.05, 0) is 23.8 Å². The highest BCUT2D eigenvalue weighted by Gasteiger charge is 2.29. The number of carbonyl (C=O) groups is 1. The number of aromatic nitrogens is 2. The maximum Gasteiger partial charge on any atom is 0.422 e. The Morgan fingerprint density at radius 3 is 2.43 bits per heavy atom. The van der Waals surface area contributed by atoms with Crippen molar-refractivity contribution >= 4 is 5.91 Å². The lowest BCUT2D eigenvalue weighted by Gasteiger charge is -2.10. The maximum atomic E-state index is 13.6. The number of hydrogen-bond acceptors (Lipinski definition) is 4. The number of carbonyl (C=O) groups excluding carboxylic acids is 1. The third-order valence-electron chi connectivity index (χ3n) is 3.24. The average molecular weight is 401 g/mol. The Kier molecular flexibility index (Phi) is 9.29. The molecule has 0 saturated carbocycles. The fourth-order valence-electron chi connectivity index (χ4n) is 1.61. The molecular weight excluding hydrogens is 380 g/mol. The van der Waals surface area contributed by atoms with Crippen molar-refractivity contribution in [3.05, 3.63) is 59.5 Å². The summed E-state index contributed by atoms with van der Waals surface area (Å²) < 4.78 is 53.8. The largest absolute Gasteiger partial charge is 0.675 e.